The van der Waals surface area contributed by atoms with Crippen LogP contribution >= 0.6 is 33.9 Å². The molecule has 0 aliphatic carbocycles. The first-order chi connectivity index (χ1) is 14.5. The lowest BCUT2D eigenvalue weighted by molar-refractivity contribution is -0.145. The lowest BCUT2D eigenvalue weighted by Gasteiger charge is -2.13. The van der Waals surface area contributed by atoms with Crippen LogP contribution in [0.25, 0.3) is 0 Å². The average molecular weight is 547 g/mol. The van der Waals surface area contributed by atoms with Crippen molar-refractivity contribution in [2.75, 3.05) is 32.4 Å². The van der Waals surface area contributed by atoms with Crippen LogP contribution in [0.5, 0.6) is 11.5 Å². The number of esters is 2. The molecule has 30 heavy (non-hydrogen) atoms. The molecule has 1 aromatic carbocycles. The van der Waals surface area contributed by atoms with Gasteiger partial charge in [0.15, 0.2) is 18.1 Å². The van der Waals surface area contributed by atoms with Crippen molar-refractivity contribution >= 4 is 57.2 Å². The summed E-state index contributed by atoms with van der Waals surface area (Å²) >= 11 is 3.43. The molecule has 162 valence electrons. The Kier molecular flexibility index (Phi) is 9.80. The molecule has 1 heterocycles. The number of hydrogen-bond donors (Lipinski definition) is 1. The number of hydrogen-bond acceptors (Lipinski definition) is 10. The molecule has 2 rings (SSSR count). The highest BCUT2D eigenvalue weighted by Gasteiger charge is 2.13. The number of rotatable bonds is 11. The number of nitrogens with one attached hydrogen (secondary N) is 1. The standard InChI is InChI=1S/C19H22IN3O6S/c1-4-27-16(24)8-13-11-30-19(22-13)23-21-9-12-6-14(20)18(15(7-12)26-3)29-10-17(25)28-5-2/h6-7,9,11H,4-5,8,10H2,1-3H3,(H,22,23). The molecule has 1 N–H and O–H groups in total. The van der Waals surface area contributed by atoms with Gasteiger partial charge in [0.25, 0.3) is 0 Å². The Morgan fingerprint density at radius 1 is 1.23 bits per heavy atom. The van der Waals surface area contributed by atoms with Crippen LogP contribution in [0.2, 0.25) is 0 Å². The van der Waals surface area contributed by atoms with Crippen LogP contribution < -0.4 is 14.9 Å². The Hall–Kier alpha value is -2.41. The number of aromatic nitrogens is 1. The summed E-state index contributed by atoms with van der Waals surface area (Å²) in [5.41, 5.74) is 4.21. The smallest absolute Gasteiger partial charge is 0.344 e. The summed E-state index contributed by atoms with van der Waals surface area (Å²) in [5, 5.41) is 6.50. The van der Waals surface area contributed by atoms with E-state index in [1.165, 1.54) is 18.4 Å². The van der Waals surface area contributed by atoms with Gasteiger partial charge in [-0.05, 0) is 54.1 Å². The quantitative estimate of drug-likeness (QED) is 0.198. The summed E-state index contributed by atoms with van der Waals surface area (Å²) in [7, 11) is 1.52. The third-order valence-electron chi connectivity index (χ3n) is 3.45. The first-order valence-electron chi connectivity index (χ1n) is 9.01. The molecule has 0 fully saturated rings. The lowest BCUT2D eigenvalue weighted by Crippen LogP contribution is -2.15. The Balaban J connectivity index is 2.00. The summed E-state index contributed by atoms with van der Waals surface area (Å²) in [4.78, 5) is 27.3. The van der Waals surface area contributed by atoms with Crippen LogP contribution in [0.3, 0.4) is 0 Å². The molecule has 0 aliphatic heterocycles. The van der Waals surface area contributed by atoms with Gasteiger partial charge in [0.2, 0.25) is 5.13 Å². The summed E-state index contributed by atoms with van der Waals surface area (Å²) in [6, 6.07) is 3.57. The zero-order valence-electron chi connectivity index (χ0n) is 16.8. The van der Waals surface area contributed by atoms with Crippen LogP contribution in [0.1, 0.15) is 25.1 Å². The number of carbonyl (C=O) groups is 2. The number of thiazole rings is 1. The second-order valence-electron chi connectivity index (χ2n) is 5.62. The van der Waals surface area contributed by atoms with Crippen molar-refractivity contribution in [2.24, 2.45) is 5.10 Å². The van der Waals surface area contributed by atoms with Crippen molar-refractivity contribution in [3.8, 4) is 11.5 Å². The van der Waals surface area contributed by atoms with Gasteiger partial charge in [0, 0.05) is 5.38 Å². The van der Waals surface area contributed by atoms with Gasteiger partial charge in [-0.3, -0.25) is 10.2 Å². The molecule has 11 heteroatoms. The average Bonchev–Trinajstić information content (AvgIpc) is 3.14. The largest absolute Gasteiger partial charge is 0.493 e. The molecule has 0 aliphatic rings. The van der Waals surface area contributed by atoms with Crippen LogP contribution in [0.15, 0.2) is 22.6 Å². The van der Waals surface area contributed by atoms with E-state index in [0.29, 0.717) is 35.5 Å². The summed E-state index contributed by atoms with van der Waals surface area (Å²) in [6.45, 7) is 3.93. The molecule has 2 aromatic rings. The zero-order chi connectivity index (χ0) is 21.9. The Morgan fingerprint density at radius 3 is 2.67 bits per heavy atom. The molecular weight excluding hydrogens is 525 g/mol. The van der Waals surface area contributed by atoms with Crippen molar-refractivity contribution < 1.29 is 28.5 Å². The van der Waals surface area contributed by atoms with Crippen LogP contribution in [0.4, 0.5) is 5.13 Å². The van der Waals surface area contributed by atoms with Crippen molar-refractivity contribution in [1.29, 1.82) is 0 Å². The summed E-state index contributed by atoms with van der Waals surface area (Å²) in [6.07, 6.45) is 1.73. The topological polar surface area (TPSA) is 108 Å². The normalized spacial score (nSPS) is 10.7. The maximum Gasteiger partial charge on any atom is 0.344 e. The maximum atomic E-state index is 11.5. The number of halogens is 1. The first-order valence-corrected chi connectivity index (χ1v) is 11.0. The van der Waals surface area contributed by atoms with E-state index >= 15 is 0 Å². The van der Waals surface area contributed by atoms with Gasteiger partial charge in [-0.25, -0.2) is 9.78 Å². The minimum atomic E-state index is -0.448. The Morgan fingerprint density at radius 2 is 1.97 bits per heavy atom. The zero-order valence-corrected chi connectivity index (χ0v) is 19.7. The SMILES string of the molecule is CCOC(=O)COc1c(I)cc(C=NNc2nc(CC(=O)OCC)cs2)cc1OC. The van der Waals surface area contributed by atoms with E-state index in [1.807, 2.05) is 6.07 Å². The lowest BCUT2D eigenvalue weighted by atomic mass is 10.2. The van der Waals surface area contributed by atoms with Gasteiger partial charge < -0.3 is 18.9 Å². The van der Waals surface area contributed by atoms with Gasteiger partial charge in [0.1, 0.15) is 0 Å². The molecule has 0 bridgehead atoms. The Labute approximate surface area is 191 Å². The highest BCUT2D eigenvalue weighted by atomic mass is 127. The van der Waals surface area contributed by atoms with E-state index in [1.54, 1.807) is 31.5 Å². The molecule has 0 saturated carbocycles. The molecule has 0 radical (unpaired) electrons. The van der Waals surface area contributed by atoms with Crippen LogP contribution in [0, 0.1) is 3.57 Å². The van der Waals surface area contributed by atoms with Crippen molar-refractivity contribution in [2.45, 2.75) is 20.3 Å². The number of benzene rings is 1. The van der Waals surface area contributed by atoms with Crippen LogP contribution in [-0.2, 0) is 25.5 Å². The number of carbonyl (C=O) groups excluding carboxylic acids is 2. The van der Waals surface area contributed by atoms with Gasteiger partial charge in [0.05, 0.1) is 42.2 Å². The predicted octanol–water partition coefficient (Wildman–Crippen LogP) is 3.25. The highest BCUT2D eigenvalue weighted by molar-refractivity contribution is 14.1. The molecule has 0 spiro atoms. The first kappa shape index (κ1) is 23.9. The van der Waals surface area contributed by atoms with Crippen molar-refractivity contribution in [1.82, 2.24) is 4.98 Å². The third-order valence-corrected chi connectivity index (χ3v) is 5.04. The van der Waals surface area contributed by atoms with E-state index in [2.05, 4.69) is 38.1 Å². The third kappa shape index (κ3) is 7.44. The van der Waals surface area contributed by atoms with E-state index in [0.717, 1.165) is 9.13 Å². The number of hydrazone groups is 1. The number of anilines is 1. The molecule has 1 aromatic heterocycles. The van der Waals surface area contributed by atoms with E-state index < -0.39 is 5.97 Å². The van der Waals surface area contributed by atoms with Gasteiger partial charge >= 0.3 is 11.9 Å². The fourth-order valence-corrected chi connectivity index (χ4v) is 3.69. The van der Waals surface area contributed by atoms with Crippen molar-refractivity contribution in [3.63, 3.8) is 0 Å². The fourth-order valence-electron chi connectivity index (χ4n) is 2.25. The second-order valence-corrected chi connectivity index (χ2v) is 7.64. The van der Waals surface area contributed by atoms with Gasteiger partial charge in [-0.1, -0.05) is 0 Å². The summed E-state index contributed by atoms with van der Waals surface area (Å²) < 4.78 is 21.4. The maximum absolute atomic E-state index is 11.5. The second kappa shape index (κ2) is 12.3. The van der Waals surface area contributed by atoms with E-state index in [-0.39, 0.29) is 19.0 Å². The molecule has 0 saturated heterocycles. The molecule has 0 amide bonds. The van der Waals surface area contributed by atoms with Crippen molar-refractivity contribution in [3.05, 3.63) is 32.3 Å². The van der Waals surface area contributed by atoms with Crippen LogP contribution in [-0.4, -0.2) is 50.1 Å². The number of methoxy groups -OCH3 is 1. The van der Waals surface area contributed by atoms with E-state index in [4.69, 9.17) is 18.9 Å². The van der Waals surface area contributed by atoms with Gasteiger partial charge in [-0.15, -0.1) is 11.3 Å². The minimum absolute atomic E-state index is 0.123. The fraction of sp³-hybridized carbons (Fsp3) is 0.368. The molecular formula is C19H22IN3O6S. The predicted molar refractivity (Wildman–Crippen MR) is 122 cm³/mol. The number of nitrogens with zero attached hydrogens (tertiary/aromatic N) is 2. The highest BCUT2D eigenvalue weighted by Crippen LogP contribution is 2.33. The van der Waals surface area contributed by atoms with E-state index in [9.17, 15) is 9.59 Å². The monoisotopic (exact) mass is 547 g/mol. The summed E-state index contributed by atoms with van der Waals surface area (Å²) in [5.74, 6) is 0.166. The van der Waals surface area contributed by atoms with Gasteiger partial charge in [-0.2, -0.15) is 5.10 Å². The molecule has 9 nitrogen and oxygen atoms in total. The minimum Gasteiger partial charge on any atom is -0.493 e. The molecule has 0 atom stereocenters. The Bertz CT molecular complexity index is 902. The molecule has 0 unspecified atom stereocenters. The number of ether oxygens (including phenoxy) is 4.